The van der Waals surface area contributed by atoms with Gasteiger partial charge in [-0.2, -0.15) is 0 Å². The van der Waals surface area contributed by atoms with Crippen LogP contribution in [0.3, 0.4) is 0 Å². The second-order valence-electron chi connectivity index (χ2n) is 3.03. The van der Waals surface area contributed by atoms with Gasteiger partial charge in [-0.05, 0) is 13.3 Å². The molecular weight excluding hydrogens is 144 g/mol. The average molecular weight is 158 g/mol. The van der Waals surface area contributed by atoms with E-state index in [9.17, 15) is 4.79 Å². The van der Waals surface area contributed by atoms with Crippen molar-refractivity contribution >= 4 is 6.29 Å². The second kappa shape index (κ2) is 3.32. The summed E-state index contributed by atoms with van der Waals surface area (Å²) in [4.78, 5) is 10.8. The molecule has 3 nitrogen and oxygen atoms in total. The van der Waals surface area contributed by atoms with E-state index in [4.69, 9.17) is 9.47 Å². The first-order chi connectivity index (χ1) is 5.25. The lowest BCUT2D eigenvalue weighted by Crippen LogP contribution is -2.36. The van der Waals surface area contributed by atoms with Crippen LogP contribution < -0.4 is 0 Å². The zero-order valence-electron chi connectivity index (χ0n) is 7.00. The normalized spacial score (nSPS) is 33.6. The first kappa shape index (κ1) is 8.68. The molecule has 11 heavy (non-hydrogen) atoms. The molecule has 0 amide bonds. The Balaban J connectivity index is 2.65. The van der Waals surface area contributed by atoms with Crippen LogP contribution in [0.25, 0.3) is 0 Å². The largest absolute Gasteiger partial charge is 0.381 e. The molecule has 0 aromatic heterocycles. The molecule has 2 unspecified atom stereocenters. The smallest absolute Gasteiger partial charge is 0.131 e. The van der Waals surface area contributed by atoms with Crippen LogP contribution in [0, 0.1) is 5.41 Å². The fourth-order valence-electron chi connectivity index (χ4n) is 1.34. The van der Waals surface area contributed by atoms with Gasteiger partial charge in [-0.15, -0.1) is 0 Å². The summed E-state index contributed by atoms with van der Waals surface area (Å²) in [6.07, 6.45) is 1.71. The molecule has 0 bridgehead atoms. The van der Waals surface area contributed by atoms with E-state index in [1.54, 1.807) is 7.11 Å². The first-order valence-electron chi connectivity index (χ1n) is 3.82. The number of hydrogen-bond donors (Lipinski definition) is 0. The van der Waals surface area contributed by atoms with Crippen LogP contribution in [-0.4, -0.2) is 32.7 Å². The molecule has 1 aliphatic rings. The van der Waals surface area contributed by atoms with Crippen molar-refractivity contribution in [2.45, 2.75) is 19.4 Å². The lowest BCUT2D eigenvalue weighted by Gasteiger charge is -2.26. The van der Waals surface area contributed by atoms with Crippen molar-refractivity contribution in [1.82, 2.24) is 0 Å². The van der Waals surface area contributed by atoms with E-state index >= 15 is 0 Å². The Bertz CT molecular complexity index is 138. The fourth-order valence-corrected chi connectivity index (χ4v) is 1.34. The molecule has 0 aliphatic carbocycles. The van der Waals surface area contributed by atoms with Crippen molar-refractivity contribution in [3.05, 3.63) is 0 Å². The standard InChI is InChI=1S/C8H14O3/c1-7(10-2)8(5-9)3-4-11-6-8/h5,7H,3-4,6H2,1-2H3. The molecule has 0 spiro atoms. The molecule has 0 radical (unpaired) electrons. The van der Waals surface area contributed by atoms with E-state index in [1.165, 1.54) is 0 Å². The van der Waals surface area contributed by atoms with E-state index in [0.29, 0.717) is 13.2 Å². The Kier molecular flexibility index (Phi) is 2.62. The highest BCUT2D eigenvalue weighted by atomic mass is 16.5. The molecule has 1 fully saturated rings. The maximum atomic E-state index is 10.8. The minimum Gasteiger partial charge on any atom is -0.381 e. The third-order valence-corrected chi connectivity index (χ3v) is 2.48. The number of rotatable bonds is 3. The van der Waals surface area contributed by atoms with Gasteiger partial charge in [0, 0.05) is 13.7 Å². The van der Waals surface area contributed by atoms with Crippen molar-refractivity contribution in [2.24, 2.45) is 5.41 Å². The molecule has 3 heteroatoms. The highest BCUT2D eigenvalue weighted by molar-refractivity contribution is 5.61. The summed E-state index contributed by atoms with van der Waals surface area (Å²) in [5.41, 5.74) is -0.380. The van der Waals surface area contributed by atoms with Gasteiger partial charge >= 0.3 is 0 Å². The highest BCUT2D eigenvalue weighted by Gasteiger charge is 2.40. The molecule has 0 saturated carbocycles. The van der Waals surface area contributed by atoms with E-state index in [2.05, 4.69) is 0 Å². The number of carbonyl (C=O) groups excluding carboxylic acids is 1. The zero-order valence-corrected chi connectivity index (χ0v) is 7.00. The molecule has 0 N–H and O–H groups in total. The van der Waals surface area contributed by atoms with Gasteiger partial charge in [0.15, 0.2) is 0 Å². The fraction of sp³-hybridized carbons (Fsp3) is 0.875. The molecule has 0 aromatic carbocycles. The van der Waals surface area contributed by atoms with Crippen molar-refractivity contribution < 1.29 is 14.3 Å². The van der Waals surface area contributed by atoms with Crippen LogP contribution in [0.1, 0.15) is 13.3 Å². The SMILES string of the molecule is COC(C)C1(C=O)CCOC1. The molecule has 2 atom stereocenters. The van der Waals surface area contributed by atoms with E-state index in [-0.39, 0.29) is 11.5 Å². The van der Waals surface area contributed by atoms with Gasteiger partial charge < -0.3 is 14.3 Å². The molecule has 1 saturated heterocycles. The van der Waals surface area contributed by atoms with Crippen molar-refractivity contribution in [3.63, 3.8) is 0 Å². The van der Waals surface area contributed by atoms with Crippen LogP contribution >= 0.6 is 0 Å². The highest BCUT2D eigenvalue weighted by Crippen LogP contribution is 2.31. The quantitative estimate of drug-likeness (QED) is 0.565. The van der Waals surface area contributed by atoms with E-state index in [0.717, 1.165) is 12.7 Å². The Labute approximate surface area is 66.7 Å². The predicted octanol–water partition coefficient (Wildman–Crippen LogP) is 0.627. The van der Waals surface area contributed by atoms with Gasteiger partial charge in [0.1, 0.15) is 6.29 Å². The average Bonchev–Trinajstić information content (AvgIpc) is 2.52. The van der Waals surface area contributed by atoms with E-state index < -0.39 is 0 Å². The summed E-state index contributed by atoms with van der Waals surface area (Å²) in [7, 11) is 1.62. The van der Waals surface area contributed by atoms with Gasteiger partial charge in [-0.3, -0.25) is 0 Å². The number of ether oxygens (including phenoxy) is 2. The van der Waals surface area contributed by atoms with Crippen LogP contribution in [0.4, 0.5) is 0 Å². The lowest BCUT2D eigenvalue weighted by atomic mass is 9.84. The maximum absolute atomic E-state index is 10.8. The summed E-state index contributed by atoms with van der Waals surface area (Å²) in [5, 5.41) is 0. The summed E-state index contributed by atoms with van der Waals surface area (Å²) in [6, 6.07) is 0. The van der Waals surface area contributed by atoms with Gasteiger partial charge in [0.2, 0.25) is 0 Å². The topological polar surface area (TPSA) is 35.5 Å². The Morgan fingerprint density at radius 1 is 1.73 bits per heavy atom. The number of aldehydes is 1. The van der Waals surface area contributed by atoms with Crippen molar-refractivity contribution in [1.29, 1.82) is 0 Å². The Morgan fingerprint density at radius 3 is 2.82 bits per heavy atom. The molecule has 1 aliphatic heterocycles. The van der Waals surface area contributed by atoms with Crippen molar-refractivity contribution in [2.75, 3.05) is 20.3 Å². The number of carbonyl (C=O) groups is 1. The van der Waals surface area contributed by atoms with Gasteiger partial charge in [0.25, 0.3) is 0 Å². The lowest BCUT2D eigenvalue weighted by molar-refractivity contribution is -0.123. The second-order valence-corrected chi connectivity index (χ2v) is 3.03. The van der Waals surface area contributed by atoms with Crippen LogP contribution in [0.5, 0.6) is 0 Å². The Morgan fingerprint density at radius 2 is 2.45 bits per heavy atom. The van der Waals surface area contributed by atoms with Gasteiger partial charge in [-0.1, -0.05) is 0 Å². The van der Waals surface area contributed by atoms with Gasteiger partial charge in [0.05, 0.1) is 18.1 Å². The first-order valence-corrected chi connectivity index (χ1v) is 3.82. The molecular formula is C8H14O3. The van der Waals surface area contributed by atoms with Gasteiger partial charge in [-0.25, -0.2) is 0 Å². The van der Waals surface area contributed by atoms with Crippen LogP contribution in [-0.2, 0) is 14.3 Å². The monoisotopic (exact) mass is 158 g/mol. The zero-order chi connectivity index (χ0) is 8.32. The third kappa shape index (κ3) is 1.44. The number of methoxy groups -OCH3 is 1. The molecule has 64 valence electrons. The molecule has 0 aromatic rings. The van der Waals surface area contributed by atoms with Crippen LogP contribution in [0.2, 0.25) is 0 Å². The van der Waals surface area contributed by atoms with Crippen LogP contribution in [0.15, 0.2) is 0 Å². The molecule has 1 heterocycles. The summed E-state index contributed by atoms with van der Waals surface area (Å²) >= 11 is 0. The third-order valence-electron chi connectivity index (χ3n) is 2.48. The molecule has 1 rings (SSSR count). The summed E-state index contributed by atoms with van der Waals surface area (Å²) < 4.78 is 10.3. The predicted molar refractivity (Wildman–Crippen MR) is 40.4 cm³/mol. The Hall–Kier alpha value is -0.410. The minimum atomic E-state index is -0.380. The summed E-state index contributed by atoms with van der Waals surface area (Å²) in [5.74, 6) is 0. The van der Waals surface area contributed by atoms with E-state index in [1.807, 2.05) is 6.92 Å². The minimum absolute atomic E-state index is 0.0394. The number of hydrogen-bond acceptors (Lipinski definition) is 3. The maximum Gasteiger partial charge on any atom is 0.131 e. The van der Waals surface area contributed by atoms with Crippen molar-refractivity contribution in [3.8, 4) is 0 Å². The summed E-state index contributed by atoms with van der Waals surface area (Å²) in [6.45, 7) is 3.08.